The summed E-state index contributed by atoms with van der Waals surface area (Å²) in [6, 6.07) is 0.778. The lowest BCUT2D eigenvalue weighted by Gasteiger charge is -2.24. The number of amides is 2. The Morgan fingerprint density at radius 3 is 2.60 bits per heavy atom. The van der Waals surface area contributed by atoms with Gasteiger partial charge in [0.1, 0.15) is 6.54 Å². The average molecular weight is 282 g/mol. The standard InChI is InChI=1S/C12H18N4O4/c1-7(2)16(6-10(17)18)12(19)15-11-13-8(3)5-9(14-11)20-4/h5,7H,6H2,1-4H3,(H,17,18)(H,13,14,15,19). The third-order valence-electron chi connectivity index (χ3n) is 2.45. The van der Waals surface area contributed by atoms with E-state index in [4.69, 9.17) is 9.84 Å². The lowest BCUT2D eigenvalue weighted by atomic mass is 10.3. The maximum absolute atomic E-state index is 12.0. The second kappa shape index (κ2) is 6.69. The summed E-state index contributed by atoms with van der Waals surface area (Å²) >= 11 is 0. The van der Waals surface area contributed by atoms with E-state index in [2.05, 4.69) is 15.3 Å². The number of aryl methyl sites for hydroxylation is 1. The maximum Gasteiger partial charge on any atom is 0.324 e. The minimum Gasteiger partial charge on any atom is -0.481 e. The monoisotopic (exact) mass is 282 g/mol. The Hall–Kier alpha value is -2.38. The van der Waals surface area contributed by atoms with E-state index >= 15 is 0 Å². The molecule has 0 atom stereocenters. The van der Waals surface area contributed by atoms with Crippen LogP contribution in [-0.2, 0) is 4.79 Å². The van der Waals surface area contributed by atoms with Gasteiger partial charge in [-0.15, -0.1) is 0 Å². The first-order valence-corrected chi connectivity index (χ1v) is 6.02. The molecule has 2 N–H and O–H groups in total. The van der Waals surface area contributed by atoms with Gasteiger partial charge in [-0.2, -0.15) is 4.98 Å². The molecule has 0 unspecified atom stereocenters. The van der Waals surface area contributed by atoms with Gasteiger partial charge in [-0.3, -0.25) is 10.1 Å². The highest BCUT2D eigenvalue weighted by molar-refractivity contribution is 5.90. The number of carbonyl (C=O) groups is 2. The Balaban J connectivity index is 2.87. The Morgan fingerprint density at radius 1 is 1.45 bits per heavy atom. The van der Waals surface area contributed by atoms with E-state index in [9.17, 15) is 9.59 Å². The van der Waals surface area contributed by atoms with Gasteiger partial charge >= 0.3 is 12.0 Å². The van der Waals surface area contributed by atoms with Crippen molar-refractivity contribution >= 4 is 17.9 Å². The molecule has 0 fully saturated rings. The zero-order valence-electron chi connectivity index (χ0n) is 11.9. The average Bonchev–Trinajstić information content (AvgIpc) is 2.34. The molecule has 110 valence electrons. The van der Waals surface area contributed by atoms with Crippen LogP contribution in [0.2, 0.25) is 0 Å². The molecule has 1 rings (SSSR count). The summed E-state index contributed by atoms with van der Waals surface area (Å²) in [4.78, 5) is 32.0. The fourth-order valence-corrected chi connectivity index (χ4v) is 1.50. The van der Waals surface area contributed by atoms with Gasteiger partial charge in [0.25, 0.3) is 0 Å². The van der Waals surface area contributed by atoms with Crippen molar-refractivity contribution < 1.29 is 19.4 Å². The molecule has 2 amide bonds. The largest absolute Gasteiger partial charge is 0.481 e. The number of carboxylic acid groups (broad SMARTS) is 1. The Labute approximate surface area is 116 Å². The summed E-state index contributed by atoms with van der Waals surface area (Å²) < 4.78 is 4.98. The number of rotatable bonds is 5. The van der Waals surface area contributed by atoms with E-state index < -0.39 is 18.5 Å². The summed E-state index contributed by atoms with van der Waals surface area (Å²) in [5, 5.41) is 11.3. The quantitative estimate of drug-likeness (QED) is 0.838. The molecule has 0 bridgehead atoms. The molecule has 1 aromatic rings. The number of aliphatic carboxylic acids is 1. The van der Waals surface area contributed by atoms with Gasteiger partial charge in [0.05, 0.1) is 7.11 Å². The first kappa shape index (κ1) is 15.7. The van der Waals surface area contributed by atoms with Crippen molar-refractivity contribution in [2.45, 2.75) is 26.8 Å². The van der Waals surface area contributed by atoms with E-state index in [0.717, 1.165) is 0 Å². The normalized spacial score (nSPS) is 10.2. The molecule has 1 heterocycles. The van der Waals surface area contributed by atoms with Gasteiger partial charge in [-0.05, 0) is 20.8 Å². The summed E-state index contributed by atoms with van der Waals surface area (Å²) in [5.74, 6) is -0.693. The molecule has 0 spiro atoms. The maximum atomic E-state index is 12.0. The Kier molecular flexibility index (Phi) is 5.24. The Morgan fingerprint density at radius 2 is 2.10 bits per heavy atom. The van der Waals surface area contributed by atoms with Crippen LogP contribution in [0.3, 0.4) is 0 Å². The molecule has 1 aromatic heterocycles. The molecule has 20 heavy (non-hydrogen) atoms. The number of nitrogens with zero attached hydrogens (tertiary/aromatic N) is 3. The zero-order valence-corrected chi connectivity index (χ0v) is 11.9. The number of aromatic nitrogens is 2. The van der Waals surface area contributed by atoms with Gasteiger partial charge in [0.15, 0.2) is 0 Å². The number of hydrogen-bond donors (Lipinski definition) is 2. The number of urea groups is 1. The van der Waals surface area contributed by atoms with Crippen LogP contribution in [0.4, 0.5) is 10.7 Å². The third-order valence-corrected chi connectivity index (χ3v) is 2.45. The molecule has 0 aromatic carbocycles. The SMILES string of the molecule is COc1cc(C)nc(NC(=O)N(CC(=O)O)C(C)C)n1. The topological polar surface area (TPSA) is 105 Å². The lowest BCUT2D eigenvalue weighted by molar-refractivity contribution is -0.137. The number of hydrogen-bond acceptors (Lipinski definition) is 5. The van der Waals surface area contributed by atoms with Gasteiger partial charge < -0.3 is 14.7 Å². The van der Waals surface area contributed by atoms with E-state index in [1.54, 1.807) is 26.8 Å². The van der Waals surface area contributed by atoms with E-state index in [0.29, 0.717) is 11.6 Å². The van der Waals surface area contributed by atoms with E-state index in [1.165, 1.54) is 12.0 Å². The molecule has 0 radical (unpaired) electrons. The van der Waals surface area contributed by atoms with Crippen LogP contribution in [0.25, 0.3) is 0 Å². The molecular formula is C12H18N4O4. The van der Waals surface area contributed by atoms with Crippen LogP contribution in [0.15, 0.2) is 6.07 Å². The van der Waals surface area contributed by atoms with E-state index in [1.807, 2.05) is 0 Å². The third kappa shape index (κ3) is 4.38. The van der Waals surface area contributed by atoms with Crippen LogP contribution < -0.4 is 10.1 Å². The van der Waals surface area contributed by atoms with Crippen molar-refractivity contribution in [3.8, 4) is 5.88 Å². The van der Waals surface area contributed by atoms with Crippen LogP contribution in [0, 0.1) is 6.92 Å². The van der Waals surface area contributed by atoms with Gasteiger partial charge in [-0.25, -0.2) is 9.78 Å². The first-order valence-electron chi connectivity index (χ1n) is 6.02. The zero-order chi connectivity index (χ0) is 15.3. The number of carbonyl (C=O) groups excluding carboxylic acids is 1. The fraction of sp³-hybridized carbons (Fsp3) is 0.500. The van der Waals surface area contributed by atoms with Gasteiger partial charge in [0.2, 0.25) is 11.8 Å². The summed E-state index contributed by atoms with van der Waals surface area (Å²) in [7, 11) is 1.46. The van der Waals surface area contributed by atoms with Crippen LogP contribution >= 0.6 is 0 Å². The van der Waals surface area contributed by atoms with Crippen LogP contribution in [0.1, 0.15) is 19.5 Å². The van der Waals surface area contributed by atoms with Gasteiger partial charge in [-0.1, -0.05) is 0 Å². The fourth-order valence-electron chi connectivity index (χ4n) is 1.50. The van der Waals surface area contributed by atoms with E-state index in [-0.39, 0.29) is 12.0 Å². The van der Waals surface area contributed by atoms with Gasteiger partial charge in [0, 0.05) is 17.8 Å². The van der Waals surface area contributed by atoms with Crippen LogP contribution in [0.5, 0.6) is 5.88 Å². The number of nitrogens with one attached hydrogen (secondary N) is 1. The summed E-state index contributed by atoms with van der Waals surface area (Å²) in [6.07, 6.45) is 0. The minimum absolute atomic E-state index is 0.0721. The molecule has 0 saturated heterocycles. The smallest absolute Gasteiger partial charge is 0.324 e. The Bertz CT molecular complexity index is 504. The number of carboxylic acids is 1. The van der Waals surface area contributed by atoms with Crippen molar-refractivity contribution in [2.75, 3.05) is 19.0 Å². The molecule has 8 heteroatoms. The molecule has 8 nitrogen and oxygen atoms in total. The van der Waals surface area contributed by atoms with Crippen molar-refractivity contribution in [3.63, 3.8) is 0 Å². The lowest BCUT2D eigenvalue weighted by Crippen LogP contribution is -2.43. The number of methoxy groups -OCH3 is 1. The highest BCUT2D eigenvalue weighted by atomic mass is 16.5. The molecule has 0 aliphatic heterocycles. The number of anilines is 1. The molecule has 0 saturated carbocycles. The highest BCUT2D eigenvalue weighted by Crippen LogP contribution is 2.12. The van der Waals surface area contributed by atoms with Crippen molar-refractivity contribution in [1.29, 1.82) is 0 Å². The molecular weight excluding hydrogens is 264 g/mol. The van der Waals surface area contributed by atoms with Crippen molar-refractivity contribution in [2.24, 2.45) is 0 Å². The highest BCUT2D eigenvalue weighted by Gasteiger charge is 2.20. The van der Waals surface area contributed by atoms with Crippen molar-refractivity contribution in [3.05, 3.63) is 11.8 Å². The molecule has 0 aliphatic rings. The number of ether oxygens (including phenoxy) is 1. The predicted octanol–water partition coefficient (Wildman–Crippen LogP) is 1.12. The summed E-state index contributed by atoms with van der Waals surface area (Å²) in [5.41, 5.74) is 0.626. The van der Waals surface area contributed by atoms with Crippen molar-refractivity contribution in [1.82, 2.24) is 14.9 Å². The second-order valence-corrected chi connectivity index (χ2v) is 4.42. The predicted molar refractivity (Wildman–Crippen MR) is 71.8 cm³/mol. The summed E-state index contributed by atoms with van der Waals surface area (Å²) in [6.45, 7) is 4.78. The minimum atomic E-state index is -1.09. The van der Waals surface area contributed by atoms with Crippen LogP contribution in [-0.4, -0.2) is 51.7 Å². The second-order valence-electron chi connectivity index (χ2n) is 4.42. The molecule has 0 aliphatic carbocycles. The first-order chi connectivity index (χ1) is 9.33.